The fraction of sp³-hybridized carbons (Fsp3) is 0.265. The molecule has 0 bridgehead atoms. The number of carbonyl (C=O) groups excluding carboxylic acids is 2. The Morgan fingerprint density at radius 1 is 0.932 bits per heavy atom. The molecule has 8 nitrogen and oxygen atoms in total. The normalized spacial score (nSPS) is 20.9. The van der Waals surface area contributed by atoms with E-state index in [0.717, 1.165) is 5.56 Å². The first-order valence-corrected chi connectivity index (χ1v) is 15.1. The van der Waals surface area contributed by atoms with E-state index in [1.807, 2.05) is 24.3 Å². The number of thiophene rings is 1. The summed E-state index contributed by atoms with van der Waals surface area (Å²) in [6.07, 6.45) is 0. The molecule has 3 heterocycles. The zero-order valence-electron chi connectivity index (χ0n) is 24.3. The molecule has 2 amide bonds. The summed E-state index contributed by atoms with van der Waals surface area (Å²) in [5.74, 6) is -2.91. The van der Waals surface area contributed by atoms with Crippen molar-refractivity contribution in [3.05, 3.63) is 112 Å². The number of nitrogens with zero attached hydrogens (tertiary/aromatic N) is 1. The van der Waals surface area contributed by atoms with E-state index in [1.165, 1.54) is 40.5 Å². The van der Waals surface area contributed by atoms with Crippen LogP contribution in [0, 0.1) is 11.7 Å². The van der Waals surface area contributed by atoms with E-state index in [4.69, 9.17) is 9.47 Å². The number of carbonyl (C=O) groups is 3. The Kier molecular flexibility index (Phi) is 7.63. The number of nitrogens with one attached hydrogen (secondary N) is 1. The third kappa shape index (κ3) is 5.41. The van der Waals surface area contributed by atoms with Crippen molar-refractivity contribution in [2.24, 2.45) is 5.92 Å². The van der Waals surface area contributed by atoms with Gasteiger partial charge in [0.05, 0.1) is 16.8 Å². The number of fused-ring (bicyclic) bond motifs is 1. The highest BCUT2D eigenvalue weighted by Gasteiger charge is 2.58. The van der Waals surface area contributed by atoms with Crippen LogP contribution in [0.5, 0.6) is 11.5 Å². The van der Waals surface area contributed by atoms with Gasteiger partial charge in [-0.25, -0.2) is 14.0 Å². The fourth-order valence-electron chi connectivity index (χ4n) is 6.11. The van der Waals surface area contributed by atoms with Crippen molar-refractivity contribution >= 4 is 34.8 Å². The van der Waals surface area contributed by atoms with E-state index in [9.17, 15) is 23.9 Å². The van der Waals surface area contributed by atoms with Crippen LogP contribution in [0.25, 0.3) is 0 Å². The first-order chi connectivity index (χ1) is 21.0. The molecule has 3 aromatic carbocycles. The van der Waals surface area contributed by atoms with Gasteiger partial charge in [0, 0.05) is 11.6 Å². The van der Waals surface area contributed by atoms with E-state index >= 15 is 0 Å². The average Bonchev–Trinajstić information content (AvgIpc) is 3.76. The van der Waals surface area contributed by atoms with E-state index in [1.54, 1.807) is 35.7 Å². The second kappa shape index (κ2) is 11.4. The van der Waals surface area contributed by atoms with Gasteiger partial charge in [-0.1, -0.05) is 57.2 Å². The second-order valence-electron chi connectivity index (χ2n) is 12.0. The zero-order chi connectivity index (χ0) is 31.2. The maximum atomic E-state index is 14.4. The van der Waals surface area contributed by atoms with Gasteiger partial charge in [-0.05, 0) is 69.9 Å². The van der Waals surface area contributed by atoms with Gasteiger partial charge in [0.2, 0.25) is 6.79 Å². The van der Waals surface area contributed by atoms with Gasteiger partial charge in [0.15, 0.2) is 17.3 Å². The summed E-state index contributed by atoms with van der Waals surface area (Å²) >= 11 is 1.27. The van der Waals surface area contributed by atoms with Gasteiger partial charge in [0.25, 0.3) is 0 Å². The molecule has 0 aliphatic carbocycles. The predicted octanol–water partition coefficient (Wildman–Crippen LogP) is 7.24. The van der Waals surface area contributed by atoms with Crippen molar-refractivity contribution in [2.45, 2.75) is 44.2 Å². The van der Waals surface area contributed by atoms with Gasteiger partial charge < -0.3 is 24.8 Å². The lowest BCUT2D eigenvalue weighted by Crippen LogP contribution is -2.45. The number of anilines is 1. The quantitative estimate of drug-likeness (QED) is 0.222. The third-order valence-electron chi connectivity index (χ3n) is 8.22. The van der Waals surface area contributed by atoms with Gasteiger partial charge >= 0.3 is 12.0 Å². The first kappa shape index (κ1) is 29.4. The van der Waals surface area contributed by atoms with Crippen LogP contribution in [0.2, 0.25) is 0 Å². The molecular weight excluding hydrogens is 583 g/mol. The van der Waals surface area contributed by atoms with Gasteiger partial charge in [0.1, 0.15) is 11.9 Å². The first-order valence-electron chi connectivity index (χ1n) is 14.2. The molecule has 2 aliphatic rings. The van der Waals surface area contributed by atoms with Crippen LogP contribution in [0.3, 0.4) is 0 Å². The number of halogens is 1. The number of ketones is 1. The maximum absolute atomic E-state index is 14.4. The molecule has 1 fully saturated rings. The largest absolute Gasteiger partial charge is 0.480 e. The Balaban J connectivity index is 1.54. The number of carboxylic acid groups (broad SMARTS) is 1. The molecule has 4 atom stereocenters. The summed E-state index contributed by atoms with van der Waals surface area (Å²) in [4.78, 5) is 43.5. The van der Waals surface area contributed by atoms with Crippen LogP contribution in [0.4, 0.5) is 14.9 Å². The highest BCUT2D eigenvalue weighted by molar-refractivity contribution is 7.12. The minimum absolute atomic E-state index is 0.0241. The molecule has 2 N–H and O–H groups in total. The summed E-state index contributed by atoms with van der Waals surface area (Å²) in [5, 5.41) is 15.3. The van der Waals surface area contributed by atoms with E-state index < -0.39 is 41.7 Å². The number of amides is 2. The number of urea groups is 1. The van der Waals surface area contributed by atoms with Crippen LogP contribution < -0.4 is 14.8 Å². The number of hydrogen-bond donors (Lipinski definition) is 2. The molecule has 6 rings (SSSR count). The molecule has 44 heavy (non-hydrogen) atoms. The number of hydrogen-bond acceptors (Lipinski definition) is 6. The van der Waals surface area contributed by atoms with E-state index in [2.05, 4.69) is 26.1 Å². The number of likely N-dealkylation sites (tertiary alicyclic amines) is 1. The van der Waals surface area contributed by atoms with Gasteiger partial charge in [-0.15, -0.1) is 11.3 Å². The van der Waals surface area contributed by atoms with Gasteiger partial charge in [-0.3, -0.25) is 4.79 Å². The molecule has 4 unspecified atom stereocenters. The fourth-order valence-corrected chi connectivity index (χ4v) is 6.82. The Bertz CT molecular complexity index is 1700. The van der Waals surface area contributed by atoms with Crippen LogP contribution >= 0.6 is 11.3 Å². The Hall–Kier alpha value is -4.70. The number of aliphatic carboxylic acids is 1. The molecule has 2 aliphatic heterocycles. The Labute approximate surface area is 258 Å². The SMILES string of the molecule is CC(C)(C)c1ccc(C2C(C(=O)c3cccs3)C(c3ccc4c(c3)OCO4)N(C(=O)Nc3ccc(F)cc3)C2C(=O)O)cc1. The molecule has 0 saturated carbocycles. The van der Waals surface area contributed by atoms with E-state index in [-0.39, 0.29) is 23.7 Å². The minimum Gasteiger partial charge on any atom is -0.480 e. The number of Topliss-reactive ketones (excluding diaryl/α,β-unsaturated/α-hetero) is 1. The highest BCUT2D eigenvalue weighted by atomic mass is 32.1. The Morgan fingerprint density at radius 2 is 1.61 bits per heavy atom. The molecule has 1 aromatic heterocycles. The number of rotatable bonds is 6. The third-order valence-corrected chi connectivity index (χ3v) is 9.10. The summed E-state index contributed by atoms with van der Waals surface area (Å²) in [6.45, 7) is 6.27. The van der Waals surface area contributed by atoms with Crippen molar-refractivity contribution in [1.29, 1.82) is 0 Å². The van der Waals surface area contributed by atoms with Gasteiger partial charge in [-0.2, -0.15) is 0 Å². The lowest BCUT2D eigenvalue weighted by atomic mass is 9.76. The van der Waals surface area contributed by atoms with Crippen LogP contribution in [0.15, 0.2) is 84.2 Å². The standard InChI is InChI=1S/C34H31FN2O6S/c1-34(2,3)21-9-6-19(7-10-21)27-28(31(38)26-5-4-16-44-26)29(20-8-15-24-25(17-20)43-18-42-24)37(30(27)32(39)40)33(41)36-23-13-11-22(35)12-14-23/h4-17,27-30H,18H2,1-3H3,(H,36,41)(H,39,40). The smallest absolute Gasteiger partial charge is 0.327 e. The molecule has 4 aromatic rings. The molecule has 0 radical (unpaired) electrons. The van der Waals surface area contributed by atoms with Crippen molar-refractivity contribution in [3.8, 4) is 11.5 Å². The number of carboxylic acids is 1. The molecule has 10 heteroatoms. The van der Waals surface area contributed by atoms with Crippen LogP contribution in [0.1, 0.15) is 59.1 Å². The van der Waals surface area contributed by atoms with Crippen molar-refractivity contribution in [1.82, 2.24) is 4.90 Å². The van der Waals surface area contributed by atoms with Crippen molar-refractivity contribution < 1.29 is 33.4 Å². The summed E-state index contributed by atoms with van der Waals surface area (Å²) < 4.78 is 24.8. The van der Waals surface area contributed by atoms with E-state index in [0.29, 0.717) is 27.5 Å². The zero-order valence-corrected chi connectivity index (χ0v) is 25.1. The van der Waals surface area contributed by atoms with Crippen LogP contribution in [-0.2, 0) is 10.2 Å². The minimum atomic E-state index is -1.42. The van der Waals surface area contributed by atoms with Crippen molar-refractivity contribution in [2.75, 3.05) is 12.1 Å². The lowest BCUT2D eigenvalue weighted by Gasteiger charge is -2.30. The Morgan fingerprint density at radius 3 is 2.25 bits per heavy atom. The van der Waals surface area contributed by atoms with Crippen LogP contribution in [-0.4, -0.2) is 40.6 Å². The molecule has 1 saturated heterocycles. The topological polar surface area (TPSA) is 105 Å². The average molecular weight is 615 g/mol. The lowest BCUT2D eigenvalue weighted by molar-refractivity contribution is -0.142. The maximum Gasteiger partial charge on any atom is 0.327 e. The number of benzene rings is 3. The highest BCUT2D eigenvalue weighted by Crippen LogP contribution is 2.53. The van der Waals surface area contributed by atoms with Crippen molar-refractivity contribution in [3.63, 3.8) is 0 Å². The molecule has 0 spiro atoms. The molecule has 226 valence electrons. The monoisotopic (exact) mass is 614 g/mol. The summed E-state index contributed by atoms with van der Waals surface area (Å²) in [7, 11) is 0. The predicted molar refractivity (Wildman–Crippen MR) is 164 cm³/mol. The summed E-state index contributed by atoms with van der Waals surface area (Å²) in [6, 6.07) is 18.2. The molecular formula is C34H31FN2O6S. The second-order valence-corrected chi connectivity index (χ2v) is 12.9. The number of ether oxygens (including phenoxy) is 2. The summed E-state index contributed by atoms with van der Waals surface area (Å²) in [5.41, 5.74) is 2.33.